The van der Waals surface area contributed by atoms with Crippen molar-refractivity contribution < 1.29 is 22.7 Å². The van der Waals surface area contributed by atoms with Gasteiger partial charge in [0.05, 0.1) is 32.0 Å². The molecule has 9 nitrogen and oxygen atoms in total. The van der Waals surface area contributed by atoms with Gasteiger partial charge in [0.2, 0.25) is 0 Å². The Bertz CT molecular complexity index is 1390. The van der Waals surface area contributed by atoms with Crippen molar-refractivity contribution in [3.05, 3.63) is 66.0 Å². The SMILES string of the molecule is COc1cc(N2CCC(N3CCN(C)CC3)C(F)C2)ccc1Nc1cc(N2OCCC2c2cccc(F)c2F)ncn1. The third-order valence-electron chi connectivity index (χ3n) is 8.45. The summed E-state index contributed by atoms with van der Waals surface area (Å²) in [5, 5.41) is 4.75. The monoisotopic (exact) mass is 583 g/mol. The number of hydroxylamine groups is 1. The van der Waals surface area contributed by atoms with Gasteiger partial charge in [-0.1, -0.05) is 12.1 Å². The number of benzene rings is 2. The minimum Gasteiger partial charge on any atom is -0.494 e. The molecule has 0 radical (unpaired) electrons. The normalized spacial score (nSPS) is 23.8. The quantitative estimate of drug-likeness (QED) is 0.431. The summed E-state index contributed by atoms with van der Waals surface area (Å²) in [7, 11) is 3.70. The molecular weight excluding hydrogens is 547 g/mol. The zero-order valence-corrected chi connectivity index (χ0v) is 23.8. The maximum atomic E-state index is 15.4. The van der Waals surface area contributed by atoms with E-state index in [0.29, 0.717) is 42.6 Å². The smallest absolute Gasteiger partial charge is 0.164 e. The van der Waals surface area contributed by atoms with Gasteiger partial charge in [0, 0.05) is 68.6 Å². The van der Waals surface area contributed by atoms with E-state index in [4.69, 9.17) is 9.57 Å². The number of likely N-dealkylation sites (N-methyl/N-ethyl adjacent to an activating group) is 1. The average Bonchev–Trinajstić information content (AvgIpc) is 3.49. The summed E-state index contributed by atoms with van der Waals surface area (Å²) < 4.78 is 49.5. The van der Waals surface area contributed by atoms with Crippen LogP contribution in [0.4, 0.5) is 36.2 Å². The van der Waals surface area contributed by atoms with Crippen LogP contribution in [0, 0.1) is 11.6 Å². The maximum Gasteiger partial charge on any atom is 0.164 e. The summed E-state index contributed by atoms with van der Waals surface area (Å²) in [6.07, 6.45) is 1.71. The summed E-state index contributed by atoms with van der Waals surface area (Å²) in [6, 6.07) is 11.0. The molecule has 3 unspecified atom stereocenters. The van der Waals surface area contributed by atoms with E-state index >= 15 is 4.39 Å². The Balaban J connectivity index is 1.15. The molecule has 3 aromatic rings. The van der Waals surface area contributed by atoms with E-state index in [1.807, 2.05) is 18.2 Å². The lowest BCUT2D eigenvalue weighted by Crippen LogP contribution is -2.57. The Morgan fingerprint density at radius 3 is 2.62 bits per heavy atom. The summed E-state index contributed by atoms with van der Waals surface area (Å²) in [5.41, 5.74) is 1.77. The second-order valence-electron chi connectivity index (χ2n) is 11.0. The van der Waals surface area contributed by atoms with Gasteiger partial charge in [-0.3, -0.25) is 9.74 Å². The van der Waals surface area contributed by atoms with E-state index in [9.17, 15) is 8.78 Å². The fraction of sp³-hybridized carbons (Fsp3) is 0.467. The van der Waals surface area contributed by atoms with Crippen LogP contribution in [0.3, 0.4) is 0 Å². The van der Waals surface area contributed by atoms with Crippen LogP contribution in [0.2, 0.25) is 0 Å². The van der Waals surface area contributed by atoms with E-state index in [-0.39, 0.29) is 11.6 Å². The van der Waals surface area contributed by atoms with Gasteiger partial charge in [0.25, 0.3) is 0 Å². The Labute approximate surface area is 243 Å². The van der Waals surface area contributed by atoms with Gasteiger partial charge in [-0.25, -0.2) is 28.2 Å². The van der Waals surface area contributed by atoms with Gasteiger partial charge in [0.1, 0.15) is 24.1 Å². The van der Waals surface area contributed by atoms with E-state index < -0.39 is 23.8 Å². The van der Waals surface area contributed by atoms with Crippen LogP contribution < -0.4 is 20.0 Å². The molecule has 3 fully saturated rings. The largest absolute Gasteiger partial charge is 0.494 e. The molecule has 0 saturated carbocycles. The van der Waals surface area contributed by atoms with Gasteiger partial charge < -0.3 is 19.9 Å². The molecule has 3 saturated heterocycles. The lowest BCUT2D eigenvalue weighted by molar-refractivity contribution is 0.0532. The second kappa shape index (κ2) is 12.3. The maximum absolute atomic E-state index is 15.4. The molecule has 6 rings (SSSR count). The third-order valence-corrected chi connectivity index (χ3v) is 8.45. The predicted molar refractivity (Wildman–Crippen MR) is 155 cm³/mol. The van der Waals surface area contributed by atoms with Crippen LogP contribution in [-0.4, -0.2) is 92.0 Å². The molecule has 3 aliphatic rings. The van der Waals surface area contributed by atoms with Crippen LogP contribution >= 0.6 is 0 Å². The van der Waals surface area contributed by atoms with Crippen LogP contribution in [0.15, 0.2) is 48.8 Å². The number of halogens is 3. The lowest BCUT2D eigenvalue weighted by atomic mass is 9.99. The number of hydrogen-bond acceptors (Lipinski definition) is 9. The van der Waals surface area contributed by atoms with Crippen molar-refractivity contribution in [2.45, 2.75) is 31.1 Å². The van der Waals surface area contributed by atoms with Gasteiger partial charge in [0.15, 0.2) is 17.5 Å². The number of ether oxygens (including phenoxy) is 1. The fourth-order valence-corrected chi connectivity index (χ4v) is 6.10. The molecule has 42 heavy (non-hydrogen) atoms. The van der Waals surface area contributed by atoms with Gasteiger partial charge in [-0.15, -0.1) is 0 Å². The highest BCUT2D eigenvalue weighted by molar-refractivity contribution is 5.70. The lowest BCUT2D eigenvalue weighted by Gasteiger charge is -2.44. The fourth-order valence-electron chi connectivity index (χ4n) is 6.10. The molecular formula is C30H36F3N7O2. The first-order valence-electron chi connectivity index (χ1n) is 14.4. The highest BCUT2D eigenvalue weighted by atomic mass is 19.2. The number of nitrogens with one attached hydrogen (secondary N) is 1. The van der Waals surface area contributed by atoms with E-state index in [0.717, 1.165) is 50.9 Å². The average molecular weight is 584 g/mol. The van der Waals surface area contributed by atoms with Crippen LogP contribution in [-0.2, 0) is 4.84 Å². The van der Waals surface area contributed by atoms with Crippen molar-refractivity contribution in [3.8, 4) is 5.75 Å². The third kappa shape index (κ3) is 5.83. The number of aromatic nitrogens is 2. The molecule has 2 aromatic carbocycles. The molecule has 4 heterocycles. The van der Waals surface area contributed by atoms with Gasteiger partial charge >= 0.3 is 0 Å². The predicted octanol–water partition coefficient (Wildman–Crippen LogP) is 4.55. The first-order valence-corrected chi connectivity index (χ1v) is 14.4. The number of alkyl halides is 1. The van der Waals surface area contributed by atoms with Crippen LogP contribution in [0.25, 0.3) is 0 Å². The standard InChI is InChI=1S/C30H36F3N7O2/c1-37-11-13-38(14-12-37)26-8-10-39(18-23(26)32)20-6-7-24(27(16-20)41-2)36-28-17-29(35-19-34-28)40-25(9-15-42-40)21-4-3-5-22(31)30(21)33/h3-7,16-17,19,23,25-26H,8-15,18H2,1-2H3,(H,34,35,36). The molecule has 224 valence electrons. The molecule has 3 aliphatic heterocycles. The minimum absolute atomic E-state index is 0.0404. The number of rotatable bonds is 7. The molecule has 0 amide bonds. The Morgan fingerprint density at radius 1 is 1.00 bits per heavy atom. The topological polar surface area (TPSA) is 69.2 Å². The number of hydrogen-bond donors (Lipinski definition) is 1. The summed E-state index contributed by atoms with van der Waals surface area (Å²) in [5.74, 6) is -0.330. The minimum atomic E-state index is -0.928. The Morgan fingerprint density at radius 2 is 1.83 bits per heavy atom. The molecule has 1 N–H and O–H groups in total. The van der Waals surface area contributed by atoms with Crippen LogP contribution in [0.1, 0.15) is 24.4 Å². The second-order valence-corrected chi connectivity index (χ2v) is 11.0. The zero-order valence-electron chi connectivity index (χ0n) is 23.8. The van der Waals surface area contributed by atoms with Crippen molar-refractivity contribution in [1.82, 2.24) is 19.8 Å². The van der Waals surface area contributed by atoms with E-state index in [1.165, 1.54) is 17.5 Å². The molecule has 1 aromatic heterocycles. The number of piperidine rings is 1. The zero-order chi connectivity index (χ0) is 29.2. The molecule has 0 spiro atoms. The molecule has 3 atom stereocenters. The van der Waals surface area contributed by atoms with Crippen molar-refractivity contribution in [3.63, 3.8) is 0 Å². The van der Waals surface area contributed by atoms with Crippen LogP contribution in [0.5, 0.6) is 5.75 Å². The van der Waals surface area contributed by atoms with Crippen molar-refractivity contribution in [1.29, 1.82) is 0 Å². The summed E-state index contributed by atoms with van der Waals surface area (Å²) in [6.45, 7) is 5.22. The summed E-state index contributed by atoms with van der Waals surface area (Å²) in [4.78, 5) is 21.1. The van der Waals surface area contributed by atoms with E-state index in [1.54, 1.807) is 19.2 Å². The summed E-state index contributed by atoms with van der Waals surface area (Å²) >= 11 is 0. The highest BCUT2D eigenvalue weighted by Crippen LogP contribution is 2.37. The highest BCUT2D eigenvalue weighted by Gasteiger charge is 2.35. The molecule has 12 heteroatoms. The molecule has 0 bridgehead atoms. The van der Waals surface area contributed by atoms with Gasteiger partial charge in [-0.2, -0.15) is 0 Å². The molecule has 0 aliphatic carbocycles. The van der Waals surface area contributed by atoms with Crippen molar-refractivity contribution in [2.24, 2.45) is 0 Å². The van der Waals surface area contributed by atoms with Gasteiger partial charge in [-0.05, 0) is 31.7 Å². The Hall–Kier alpha value is -3.61. The Kier molecular flexibility index (Phi) is 8.36. The van der Waals surface area contributed by atoms with Crippen molar-refractivity contribution >= 4 is 23.0 Å². The number of methoxy groups -OCH3 is 1. The number of piperazine rings is 1. The number of nitrogens with zero attached hydrogens (tertiary/aromatic N) is 6. The first kappa shape index (κ1) is 28.5. The number of anilines is 4. The van der Waals surface area contributed by atoms with Crippen molar-refractivity contribution in [2.75, 3.05) is 75.3 Å². The first-order chi connectivity index (χ1) is 20.4. The van der Waals surface area contributed by atoms with E-state index in [2.05, 4.69) is 37.0 Å².